The molecule has 1 amide bonds. The number of aliphatic hydroxyl groups is 5. The molecule has 19 atom stereocenters. The van der Waals surface area contributed by atoms with Gasteiger partial charge in [0.1, 0.15) is 23.9 Å². The van der Waals surface area contributed by atoms with Crippen molar-refractivity contribution in [2.75, 3.05) is 27.3 Å². The molecule has 59 heavy (non-hydrogen) atoms. The second-order valence-electron chi connectivity index (χ2n) is 18.8. The van der Waals surface area contributed by atoms with Gasteiger partial charge in [0.25, 0.3) is 0 Å². The third-order valence-corrected chi connectivity index (χ3v) is 13.5. The number of carbonyl (C=O) groups is 2. The summed E-state index contributed by atoms with van der Waals surface area (Å²) in [5.41, 5.74) is -4.74. The fraction of sp³-hybridized carbons (Fsp3) is 0.953. The van der Waals surface area contributed by atoms with E-state index >= 15 is 0 Å². The van der Waals surface area contributed by atoms with Gasteiger partial charge in [0, 0.05) is 50.9 Å². The zero-order valence-corrected chi connectivity index (χ0v) is 38.4. The summed E-state index contributed by atoms with van der Waals surface area (Å²) in [6.07, 6.45) is -10.1. The van der Waals surface area contributed by atoms with Crippen molar-refractivity contribution in [3.63, 3.8) is 0 Å². The van der Waals surface area contributed by atoms with Crippen LogP contribution in [0.3, 0.4) is 0 Å². The van der Waals surface area contributed by atoms with Gasteiger partial charge in [0.05, 0.1) is 60.4 Å². The molecule has 16 nitrogen and oxygen atoms in total. The molecule has 0 aromatic heterocycles. The van der Waals surface area contributed by atoms with E-state index in [0.29, 0.717) is 6.42 Å². The average Bonchev–Trinajstić information content (AvgIpc) is 3.15. The van der Waals surface area contributed by atoms with Crippen molar-refractivity contribution >= 4 is 11.9 Å². The van der Waals surface area contributed by atoms with E-state index in [1.807, 2.05) is 34.7 Å². The van der Waals surface area contributed by atoms with E-state index in [9.17, 15) is 35.1 Å². The Morgan fingerprint density at radius 3 is 2.14 bits per heavy atom. The summed E-state index contributed by atoms with van der Waals surface area (Å²) >= 11 is 0. The standard InChI is InChI=1S/C43H80N2O14/c1-16-31-43(13,52)36(48)25(6)34(54-18-17-44-29(10)46)23(4)20-41(11,51)38(59-40-33(47)30(19-24(5)55-40)45(14)22(2)3)26(7)35(27(8)39(50)57-31)58-32-21-42(12,53-15)37(49)28(9)56-32/h22-28,30-38,40,47-49,51-52H,16-21H2,1-15H3,(H,44,46)/t23-,24-,25+,26+,27-,28+,30+,31-,32+,33-,34+,35+,36-,37+,38-,40+,41-,42-,43-/m1/s1. The van der Waals surface area contributed by atoms with Crippen molar-refractivity contribution in [2.24, 2.45) is 23.7 Å². The maximum atomic E-state index is 14.4. The van der Waals surface area contributed by atoms with Crippen LogP contribution in [-0.2, 0) is 42.7 Å². The summed E-state index contributed by atoms with van der Waals surface area (Å²) in [6.45, 7) is 22.9. The number of likely N-dealkylation sites (N-methyl/N-ethyl adjacent to an activating group) is 1. The molecule has 0 aromatic rings. The number of methoxy groups -OCH3 is 1. The van der Waals surface area contributed by atoms with Crippen LogP contribution in [0.25, 0.3) is 0 Å². The summed E-state index contributed by atoms with van der Waals surface area (Å²) in [5, 5.41) is 62.3. The average molecular weight is 849 g/mol. The number of nitrogens with zero attached hydrogens (tertiary/aromatic N) is 1. The Kier molecular flexibility index (Phi) is 18.6. The molecule has 346 valence electrons. The lowest BCUT2D eigenvalue weighted by Gasteiger charge is -2.50. The van der Waals surface area contributed by atoms with E-state index in [0.717, 1.165) is 0 Å². The highest BCUT2D eigenvalue weighted by Crippen LogP contribution is 2.42. The number of hydrogen-bond acceptors (Lipinski definition) is 15. The molecule has 3 heterocycles. The molecule has 0 saturated carbocycles. The zero-order chi connectivity index (χ0) is 44.9. The van der Waals surface area contributed by atoms with Crippen LogP contribution >= 0.6 is 0 Å². The predicted molar refractivity (Wildman–Crippen MR) is 219 cm³/mol. The van der Waals surface area contributed by atoms with Crippen LogP contribution in [0, 0.1) is 23.7 Å². The fourth-order valence-electron chi connectivity index (χ4n) is 9.59. The van der Waals surface area contributed by atoms with Crippen molar-refractivity contribution in [1.82, 2.24) is 10.2 Å². The molecule has 6 N–H and O–H groups in total. The monoisotopic (exact) mass is 849 g/mol. The van der Waals surface area contributed by atoms with E-state index in [2.05, 4.69) is 10.2 Å². The second-order valence-corrected chi connectivity index (χ2v) is 18.8. The summed E-state index contributed by atoms with van der Waals surface area (Å²) in [5.74, 6) is -4.14. The predicted octanol–water partition coefficient (Wildman–Crippen LogP) is 2.52. The first-order chi connectivity index (χ1) is 27.2. The Morgan fingerprint density at radius 2 is 1.58 bits per heavy atom. The Labute approximate surface area is 352 Å². The van der Waals surface area contributed by atoms with Gasteiger partial charge >= 0.3 is 5.97 Å². The lowest BCUT2D eigenvalue weighted by Crippen LogP contribution is -2.62. The fourth-order valence-corrected chi connectivity index (χ4v) is 9.59. The van der Waals surface area contributed by atoms with Gasteiger partial charge in [-0.05, 0) is 87.6 Å². The lowest BCUT2D eigenvalue weighted by molar-refractivity contribution is -0.319. The Hall–Kier alpha value is -1.54. The van der Waals surface area contributed by atoms with E-state index < -0.39 is 108 Å². The first-order valence-corrected chi connectivity index (χ1v) is 21.7. The van der Waals surface area contributed by atoms with E-state index in [1.54, 1.807) is 48.5 Å². The lowest BCUT2D eigenvalue weighted by atomic mass is 9.73. The summed E-state index contributed by atoms with van der Waals surface area (Å²) in [6, 6.07) is -0.232. The van der Waals surface area contributed by atoms with Crippen molar-refractivity contribution < 1.29 is 68.3 Å². The topological polar surface area (TPSA) is 215 Å². The number of esters is 1. The van der Waals surface area contributed by atoms with Gasteiger partial charge < -0.3 is 64.0 Å². The van der Waals surface area contributed by atoms with Crippen LogP contribution in [0.2, 0.25) is 0 Å². The molecule has 0 radical (unpaired) electrons. The molecule has 3 fully saturated rings. The number of rotatable bonds is 12. The molecule has 0 bridgehead atoms. The number of cyclic esters (lactones) is 1. The first-order valence-electron chi connectivity index (χ1n) is 21.7. The maximum Gasteiger partial charge on any atom is 0.311 e. The van der Waals surface area contributed by atoms with Gasteiger partial charge in [-0.25, -0.2) is 0 Å². The van der Waals surface area contributed by atoms with Gasteiger partial charge in [-0.1, -0.05) is 27.7 Å². The SMILES string of the molecule is CC[C@H]1OC(=O)[C@H](C)[C@@H](O[C@H]2C[C@@](C)(OC)[C@@H](O)[C@H](C)O2)[C@H](C)[C@@H](O[C@@H]2O[C@H](C)C[C@H](N(C)C(C)C)[C@H]2O)[C@](C)(O)C[C@@H](C)[C@H](OCCNC(C)=O)[C@H](C)[C@@H](O)[C@]1(C)O. The van der Waals surface area contributed by atoms with Crippen LogP contribution in [0.1, 0.15) is 116 Å². The highest BCUT2D eigenvalue weighted by atomic mass is 16.7. The van der Waals surface area contributed by atoms with E-state index in [4.69, 9.17) is 33.2 Å². The summed E-state index contributed by atoms with van der Waals surface area (Å²) < 4.78 is 44.3. The molecular weight excluding hydrogens is 768 g/mol. The maximum absolute atomic E-state index is 14.4. The smallest absolute Gasteiger partial charge is 0.311 e. The molecular formula is C43H80N2O14. The first kappa shape index (κ1) is 51.8. The van der Waals surface area contributed by atoms with Crippen LogP contribution in [0.4, 0.5) is 0 Å². The van der Waals surface area contributed by atoms with Gasteiger partial charge in [0.2, 0.25) is 5.91 Å². The van der Waals surface area contributed by atoms with Gasteiger partial charge in [-0.3, -0.25) is 14.5 Å². The minimum Gasteiger partial charge on any atom is -0.459 e. The molecule has 16 heteroatoms. The highest BCUT2D eigenvalue weighted by Gasteiger charge is 2.54. The summed E-state index contributed by atoms with van der Waals surface area (Å²) in [7, 11) is 3.43. The van der Waals surface area contributed by atoms with Crippen LogP contribution in [0.5, 0.6) is 0 Å². The van der Waals surface area contributed by atoms with Crippen molar-refractivity contribution in [3.8, 4) is 0 Å². The summed E-state index contributed by atoms with van der Waals surface area (Å²) in [4.78, 5) is 28.1. The molecule has 0 spiro atoms. The van der Waals surface area contributed by atoms with E-state index in [1.165, 1.54) is 21.0 Å². The minimum atomic E-state index is -1.94. The number of hydrogen-bond donors (Lipinski definition) is 6. The Morgan fingerprint density at radius 1 is 0.949 bits per heavy atom. The van der Waals surface area contributed by atoms with Crippen molar-refractivity contribution in [2.45, 2.75) is 212 Å². The largest absolute Gasteiger partial charge is 0.459 e. The number of aliphatic hydroxyl groups excluding tert-OH is 3. The van der Waals surface area contributed by atoms with E-state index in [-0.39, 0.29) is 56.5 Å². The van der Waals surface area contributed by atoms with Crippen molar-refractivity contribution in [1.29, 1.82) is 0 Å². The molecule has 3 aliphatic heterocycles. The number of ether oxygens (including phenoxy) is 7. The molecule has 3 rings (SSSR count). The van der Waals surface area contributed by atoms with Crippen LogP contribution < -0.4 is 5.32 Å². The molecule has 0 aromatic carbocycles. The Bertz CT molecular complexity index is 1340. The minimum absolute atomic E-state index is 0.0212. The van der Waals surface area contributed by atoms with Gasteiger partial charge in [0.15, 0.2) is 12.6 Å². The Balaban J connectivity index is 2.23. The molecule has 0 unspecified atom stereocenters. The second kappa shape index (κ2) is 21.2. The third kappa shape index (κ3) is 12.3. The van der Waals surface area contributed by atoms with Gasteiger partial charge in [-0.2, -0.15) is 0 Å². The molecule has 3 saturated heterocycles. The van der Waals surface area contributed by atoms with Gasteiger partial charge in [-0.15, -0.1) is 0 Å². The zero-order valence-electron chi connectivity index (χ0n) is 38.4. The number of nitrogens with one attached hydrogen (secondary N) is 1. The number of carbonyl (C=O) groups excluding carboxylic acids is 2. The highest BCUT2D eigenvalue weighted by molar-refractivity contribution is 5.73. The van der Waals surface area contributed by atoms with Crippen LogP contribution in [-0.4, -0.2) is 166 Å². The molecule has 3 aliphatic rings. The van der Waals surface area contributed by atoms with Crippen LogP contribution in [0.15, 0.2) is 0 Å². The van der Waals surface area contributed by atoms with Crippen molar-refractivity contribution in [3.05, 3.63) is 0 Å². The number of amides is 1. The normalized spacial score (nSPS) is 45.8. The quantitative estimate of drug-likeness (QED) is 0.123. The molecule has 0 aliphatic carbocycles. The third-order valence-electron chi connectivity index (χ3n) is 13.5.